The first-order chi connectivity index (χ1) is 16.5. The van der Waals surface area contributed by atoms with Crippen molar-refractivity contribution in [2.75, 3.05) is 4.90 Å². The number of rotatable bonds is 5. The third-order valence-electron chi connectivity index (χ3n) is 4.77. The maximum absolute atomic E-state index is 13.0. The number of carbonyl (C=O) groups is 2. The Labute approximate surface area is 204 Å². The largest absolute Gasteiger partial charge is 0.449 e. The van der Waals surface area contributed by atoms with E-state index in [-0.39, 0.29) is 21.9 Å². The van der Waals surface area contributed by atoms with Crippen molar-refractivity contribution in [2.45, 2.75) is 6.18 Å². The molecule has 0 bridgehead atoms. The van der Waals surface area contributed by atoms with Crippen molar-refractivity contribution in [1.82, 2.24) is 0 Å². The smallest absolute Gasteiger partial charge is 0.416 e. The van der Waals surface area contributed by atoms with Gasteiger partial charge in [-0.3, -0.25) is 19.7 Å². The summed E-state index contributed by atoms with van der Waals surface area (Å²) in [4.78, 5) is 36.8. The van der Waals surface area contributed by atoms with Gasteiger partial charge in [0.2, 0.25) is 5.75 Å². The maximum Gasteiger partial charge on any atom is 0.416 e. The Hall–Kier alpha value is -3.83. The topological polar surface area (TPSA) is 89.7 Å². The summed E-state index contributed by atoms with van der Waals surface area (Å²) in [5.74, 6) is -1.00. The van der Waals surface area contributed by atoms with Gasteiger partial charge >= 0.3 is 11.9 Å². The summed E-state index contributed by atoms with van der Waals surface area (Å²) in [6, 6.07) is 14.2. The summed E-state index contributed by atoms with van der Waals surface area (Å²) in [5.41, 5.74) is -1.51. The Morgan fingerprint density at radius 3 is 2.43 bits per heavy atom. The molecule has 3 aromatic carbocycles. The van der Waals surface area contributed by atoms with E-state index in [0.29, 0.717) is 28.9 Å². The predicted octanol–water partition coefficient (Wildman–Crippen LogP) is 7.30. The number of nitrogens with zero attached hydrogens (tertiary/aromatic N) is 2. The Kier molecular flexibility index (Phi) is 6.55. The number of nitro groups is 1. The van der Waals surface area contributed by atoms with Crippen molar-refractivity contribution in [1.29, 1.82) is 0 Å². The molecule has 0 N–H and O–H groups in total. The van der Waals surface area contributed by atoms with Crippen LogP contribution in [0.2, 0.25) is 5.02 Å². The monoisotopic (exact) mass is 520 g/mol. The van der Waals surface area contributed by atoms with Gasteiger partial charge < -0.3 is 4.74 Å². The summed E-state index contributed by atoms with van der Waals surface area (Å²) in [6.07, 6.45) is -3.41. The first kappa shape index (κ1) is 24.3. The van der Waals surface area contributed by atoms with Crippen LogP contribution in [0.5, 0.6) is 11.5 Å². The highest BCUT2D eigenvalue weighted by Crippen LogP contribution is 2.40. The van der Waals surface area contributed by atoms with E-state index in [4.69, 9.17) is 16.3 Å². The van der Waals surface area contributed by atoms with E-state index in [9.17, 15) is 32.9 Å². The molecule has 2 amide bonds. The van der Waals surface area contributed by atoms with Crippen LogP contribution in [0.4, 0.5) is 29.3 Å². The van der Waals surface area contributed by atoms with Crippen LogP contribution in [-0.4, -0.2) is 16.1 Å². The van der Waals surface area contributed by atoms with Gasteiger partial charge in [0.1, 0.15) is 5.75 Å². The van der Waals surface area contributed by atoms with Gasteiger partial charge in [-0.05, 0) is 54.2 Å². The van der Waals surface area contributed by atoms with Crippen LogP contribution >= 0.6 is 23.4 Å². The molecule has 1 saturated heterocycles. The number of amides is 2. The molecule has 0 atom stereocenters. The van der Waals surface area contributed by atoms with Crippen molar-refractivity contribution in [3.05, 3.63) is 97.9 Å². The van der Waals surface area contributed by atoms with Crippen LogP contribution in [0, 0.1) is 10.1 Å². The first-order valence-corrected chi connectivity index (χ1v) is 10.9. The summed E-state index contributed by atoms with van der Waals surface area (Å²) < 4.78 is 44.5. The zero-order valence-electron chi connectivity index (χ0n) is 17.3. The predicted molar refractivity (Wildman–Crippen MR) is 125 cm³/mol. The minimum Gasteiger partial charge on any atom is -0.449 e. The van der Waals surface area contributed by atoms with Gasteiger partial charge in [0.05, 0.1) is 21.1 Å². The van der Waals surface area contributed by atoms with Gasteiger partial charge in [0, 0.05) is 16.7 Å². The number of imide groups is 1. The van der Waals surface area contributed by atoms with Gasteiger partial charge in [0.15, 0.2) is 0 Å². The molecule has 7 nitrogen and oxygen atoms in total. The van der Waals surface area contributed by atoms with Crippen molar-refractivity contribution in [3.63, 3.8) is 0 Å². The van der Waals surface area contributed by atoms with E-state index < -0.39 is 39.2 Å². The van der Waals surface area contributed by atoms with Gasteiger partial charge in [-0.25, -0.2) is 4.90 Å². The molecular weight excluding hydrogens is 509 g/mol. The molecule has 0 unspecified atom stereocenters. The number of alkyl halides is 3. The summed E-state index contributed by atoms with van der Waals surface area (Å²) in [5, 5.41) is 11.2. The second-order valence-corrected chi connectivity index (χ2v) is 8.50. The number of ether oxygens (including phenoxy) is 1. The third-order valence-corrected chi connectivity index (χ3v) is 5.87. The molecule has 0 radical (unpaired) electrons. The molecule has 4 rings (SSSR count). The van der Waals surface area contributed by atoms with Crippen LogP contribution < -0.4 is 9.64 Å². The molecule has 178 valence electrons. The Bertz CT molecular complexity index is 1390. The lowest BCUT2D eigenvalue weighted by Gasteiger charge is -2.13. The Balaban J connectivity index is 1.68. The minimum atomic E-state index is -4.77. The maximum atomic E-state index is 13.0. The standard InChI is InChI=1S/C23H12ClF3N2O5S/c24-15-5-3-6-16(12-15)28-21(30)20(35-22(28)31)10-13-4-1-2-7-18(13)34-19-9-8-14(23(25,26)27)11-17(19)29(32)33/h1-12H/b20-10-. The van der Waals surface area contributed by atoms with Gasteiger partial charge in [-0.2, -0.15) is 13.2 Å². The highest BCUT2D eigenvalue weighted by molar-refractivity contribution is 8.19. The van der Waals surface area contributed by atoms with Crippen molar-refractivity contribution >= 4 is 52.0 Å². The fourth-order valence-electron chi connectivity index (χ4n) is 3.18. The first-order valence-electron chi connectivity index (χ1n) is 9.70. The van der Waals surface area contributed by atoms with Gasteiger partial charge in [0.25, 0.3) is 11.1 Å². The molecule has 35 heavy (non-hydrogen) atoms. The van der Waals surface area contributed by atoms with Crippen LogP contribution in [0.25, 0.3) is 6.08 Å². The molecule has 3 aromatic rings. The van der Waals surface area contributed by atoms with E-state index in [1.807, 2.05) is 0 Å². The molecule has 12 heteroatoms. The molecule has 0 aliphatic carbocycles. The molecular formula is C23H12ClF3N2O5S. The summed E-state index contributed by atoms with van der Waals surface area (Å²) >= 11 is 6.63. The number of hydrogen-bond donors (Lipinski definition) is 0. The fourth-order valence-corrected chi connectivity index (χ4v) is 4.20. The van der Waals surface area contributed by atoms with Crippen molar-refractivity contribution in [2.24, 2.45) is 0 Å². The molecule has 0 saturated carbocycles. The zero-order valence-corrected chi connectivity index (χ0v) is 18.9. The van der Waals surface area contributed by atoms with Gasteiger partial charge in [-0.1, -0.05) is 35.9 Å². The average molecular weight is 521 g/mol. The highest BCUT2D eigenvalue weighted by Gasteiger charge is 2.37. The minimum absolute atomic E-state index is 0.0323. The van der Waals surface area contributed by atoms with Crippen LogP contribution in [-0.2, 0) is 11.0 Å². The van der Waals surface area contributed by atoms with E-state index in [2.05, 4.69) is 0 Å². The van der Waals surface area contributed by atoms with E-state index >= 15 is 0 Å². The van der Waals surface area contributed by atoms with E-state index in [1.54, 1.807) is 30.3 Å². The Morgan fingerprint density at radius 2 is 1.74 bits per heavy atom. The lowest BCUT2D eigenvalue weighted by Crippen LogP contribution is -2.27. The number of thioether (sulfide) groups is 1. The number of nitro benzene ring substituents is 1. The summed E-state index contributed by atoms with van der Waals surface area (Å²) in [6.45, 7) is 0. The second-order valence-electron chi connectivity index (χ2n) is 7.07. The van der Waals surface area contributed by atoms with Crippen LogP contribution in [0.15, 0.2) is 71.6 Å². The normalized spacial score (nSPS) is 15.1. The molecule has 0 aromatic heterocycles. The number of anilines is 1. The molecule has 1 heterocycles. The SMILES string of the molecule is O=C1S/C(=C\c2ccccc2Oc2ccc(C(F)(F)F)cc2[N+](=O)[O-])C(=O)N1c1cccc(Cl)c1. The summed E-state index contributed by atoms with van der Waals surface area (Å²) in [7, 11) is 0. The number of para-hydroxylation sites is 1. The van der Waals surface area contributed by atoms with Gasteiger partial charge in [-0.15, -0.1) is 0 Å². The third kappa shape index (κ3) is 5.15. The van der Waals surface area contributed by atoms with E-state index in [0.717, 1.165) is 11.0 Å². The van der Waals surface area contributed by atoms with Crippen molar-refractivity contribution in [3.8, 4) is 11.5 Å². The molecule has 1 fully saturated rings. The zero-order chi connectivity index (χ0) is 25.3. The number of carbonyl (C=O) groups excluding carboxylic acids is 2. The van der Waals surface area contributed by atoms with Crippen molar-refractivity contribution < 1.29 is 32.4 Å². The van der Waals surface area contributed by atoms with Crippen LogP contribution in [0.1, 0.15) is 11.1 Å². The number of benzene rings is 3. The lowest BCUT2D eigenvalue weighted by atomic mass is 10.1. The van der Waals surface area contributed by atoms with E-state index in [1.165, 1.54) is 24.3 Å². The Morgan fingerprint density at radius 1 is 1.00 bits per heavy atom. The second kappa shape index (κ2) is 9.43. The average Bonchev–Trinajstić information content (AvgIpc) is 3.07. The number of hydrogen-bond acceptors (Lipinski definition) is 6. The molecule has 1 aliphatic heterocycles. The number of halogens is 4. The van der Waals surface area contributed by atoms with Crippen LogP contribution in [0.3, 0.4) is 0 Å². The lowest BCUT2D eigenvalue weighted by molar-refractivity contribution is -0.385. The fraction of sp³-hybridized carbons (Fsp3) is 0.0435. The highest BCUT2D eigenvalue weighted by atomic mass is 35.5. The molecule has 1 aliphatic rings. The molecule has 0 spiro atoms. The quantitative estimate of drug-likeness (QED) is 0.199.